The lowest BCUT2D eigenvalue weighted by molar-refractivity contribution is 0.0651. The van der Waals surface area contributed by atoms with Crippen molar-refractivity contribution in [1.82, 2.24) is 0 Å². The van der Waals surface area contributed by atoms with Gasteiger partial charge in [0.05, 0.1) is 39.2 Å². The molecule has 0 fully saturated rings. The van der Waals surface area contributed by atoms with Gasteiger partial charge in [-0.15, -0.1) is 0 Å². The Morgan fingerprint density at radius 1 is 0.476 bits per heavy atom. The van der Waals surface area contributed by atoms with Gasteiger partial charge in [0.2, 0.25) is 11.8 Å². The van der Waals surface area contributed by atoms with Crippen molar-refractivity contribution in [1.29, 1.82) is 0 Å². The largest absolute Gasteiger partial charge is 0.493 e. The summed E-state index contributed by atoms with van der Waals surface area (Å²) in [5, 5.41) is 59.5. The molecule has 4 aromatic carbocycles. The highest BCUT2D eigenvalue weighted by Gasteiger charge is 2.22. The van der Waals surface area contributed by atoms with Gasteiger partial charge < -0.3 is 30.6 Å². The Kier molecular flexibility index (Phi) is 8.09. The monoisotopic (exact) mass is 568 g/mol. The fourth-order valence-corrected chi connectivity index (χ4v) is 4.01. The molecule has 0 aliphatic heterocycles. The lowest BCUT2D eigenvalue weighted by Gasteiger charge is -2.14. The molecule has 12 nitrogen and oxygen atoms in total. The standard InChI is InChI=1S/C30H20N2O10/c33-25(31-18-9-4-15(5-10-18)27(35)36)22-3-1-2-20(17-8-13-21(29(39)40)23(14-17)30(41)42)24(22)26(34)32-19-11-6-16(7-12-19)28(37)38/h1-14H,(H,31,33)(H,32,34)(H,35,36)(H,37,38)(H,39,40)(H,41,42). The highest BCUT2D eigenvalue weighted by molar-refractivity contribution is 6.12. The van der Waals surface area contributed by atoms with Gasteiger partial charge in [-0.2, -0.15) is 0 Å². The molecule has 6 N–H and O–H groups in total. The van der Waals surface area contributed by atoms with E-state index in [9.17, 15) is 39.6 Å². The minimum absolute atomic E-state index is 0.00568. The van der Waals surface area contributed by atoms with Crippen LogP contribution in [-0.4, -0.2) is 66.3 Å². The molecule has 0 amide bonds. The zero-order valence-corrected chi connectivity index (χ0v) is 21.3. The smallest absolute Gasteiger partial charge is 0.336 e. The number of aliphatic hydroxyl groups is 2. The quantitative estimate of drug-likeness (QED) is 0.111. The first-order valence-corrected chi connectivity index (χ1v) is 11.9. The van der Waals surface area contributed by atoms with E-state index < -0.39 is 46.8 Å². The molecule has 0 aliphatic carbocycles. The summed E-state index contributed by atoms with van der Waals surface area (Å²) in [6.07, 6.45) is 0. The molecular formula is C30H20N2O10. The second-order valence-electron chi connectivity index (χ2n) is 8.67. The third-order valence-electron chi connectivity index (χ3n) is 6.02. The van der Waals surface area contributed by atoms with E-state index in [1.165, 1.54) is 72.8 Å². The van der Waals surface area contributed by atoms with E-state index in [-0.39, 0.29) is 44.8 Å². The Morgan fingerprint density at radius 3 is 1.45 bits per heavy atom. The normalized spacial score (nSPS) is 11.6. The Hall–Kier alpha value is -6.30. The molecule has 0 heterocycles. The average Bonchev–Trinajstić information content (AvgIpc) is 2.96. The Morgan fingerprint density at radius 2 is 0.976 bits per heavy atom. The van der Waals surface area contributed by atoms with Crippen molar-refractivity contribution in [3.8, 4) is 11.1 Å². The molecule has 4 rings (SSSR count). The fraction of sp³-hybridized carbons (Fsp3) is 0. The molecule has 4 aromatic rings. The number of aromatic carboxylic acids is 4. The molecule has 0 unspecified atom stereocenters. The van der Waals surface area contributed by atoms with Crippen molar-refractivity contribution in [2.24, 2.45) is 9.98 Å². The number of rotatable bonds is 9. The first kappa shape index (κ1) is 28.7. The Labute approximate surface area is 236 Å². The van der Waals surface area contributed by atoms with Crippen LogP contribution in [-0.2, 0) is 0 Å². The molecule has 12 heteroatoms. The van der Waals surface area contributed by atoms with E-state index in [1.54, 1.807) is 0 Å². The zero-order valence-electron chi connectivity index (χ0n) is 21.3. The summed E-state index contributed by atoms with van der Waals surface area (Å²) in [5.41, 5.74) is -0.543. The maximum atomic E-state index is 11.8. The van der Waals surface area contributed by atoms with Crippen LogP contribution in [0.3, 0.4) is 0 Å². The van der Waals surface area contributed by atoms with Crippen LogP contribution in [0.15, 0.2) is 94.9 Å². The molecule has 0 atom stereocenters. The zero-order chi connectivity index (χ0) is 30.6. The summed E-state index contributed by atoms with van der Waals surface area (Å²) in [7, 11) is 0. The molecule has 210 valence electrons. The van der Waals surface area contributed by atoms with Crippen molar-refractivity contribution >= 4 is 47.0 Å². The number of hydrogen-bond donors (Lipinski definition) is 6. The minimum Gasteiger partial charge on any atom is -0.493 e. The molecule has 0 saturated heterocycles. The van der Waals surface area contributed by atoms with Crippen LogP contribution in [0.4, 0.5) is 11.4 Å². The summed E-state index contributed by atoms with van der Waals surface area (Å²) in [6.45, 7) is 0. The molecule has 0 saturated carbocycles. The first-order chi connectivity index (χ1) is 20.0. The SMILES string of the molecule is O=C(O)c1ccc(N=C(O)c2cccc(-c3ccc(C(=O)O)c(C(=O)O)c3)c2C(O)=Nc2ccc(C(=O)O)cc2)cc1. The number of aliphatic imine (C=N–C) groups is 2. The molecule has 0 aromatic heterocycles. The number of aliphatic hydroxyl groups excluding tert-OH is 2. The molecule has 42 heavy (non-hydrogen) atoms. The molecule has 0 radical (unpaired) electrons. The number of benzene rings is 4. The van der Waals surface area contributed by atoms with Gasteiger partial charge in [0.15, 0.2) is 0 Å². The Bertz CT molecular complexity index is 1790. The molecule has 0 aliphatic rings. The topological polar surface area (TPSA) is 214 Å². The van der Waals surface area contributed by atoms with Crippen molar-refractivity contribution in [2.75, 3.05) is 0 Å². The number of hydrogen-bond acceptors (Lipinski definition) is 6. The van der Waals surface area contributed by atoms with E-state index in [4.69, 9.17) is 10.2 Å². The van der Waals surface area contributed by atoms with Crippen LogP contribution >= 0.6 is 0 Å². The average molecular weight is 568 g/mol. The summed E-state index contributed by atoms with van der Waals surface area (Å²) < 4.78 is 0. The number of carbonyl (C=O) groups is 4. The predicted octanol–water partition coefficient (Wildman–Crippen LogP) is 5.42. The lowest BCUT2D eigenvalue weighted by Crippen LogP contribution is -2.12. The van der Waals surface area contributed by atoms with Gasteiger partial charge in [-0.3, -0.25) is 0 Å². The van der Waals surface area contributed by atoms with Crippen LogP contribution in [0.5, 0.6) is 0 Å². The van der Waals surface area contributed by atoms with Crippen LogP contribution in [0.2, 0.25) is 0 Å². The third-order valence-corrected chi connectivity index (χ3v) is 6.02. The van der Waals surface area contributed by atoms with E-state index in [0.29, 0.717) is 0 Å². The van der Waals surface area contributed by atoms with Gasteiger partial charge in [0, 0.05) is 5.56 Å². The fourth-order valence-electron chi connectivity index (χ4n) is 4.01. The van der Waals surface area contributed by atoms with Crippen molar-refractivity contribution < 1.29 is 49.8 Å². The maximum absolute atomic E-state index is 11.8. The molecule has 0 spiro atoms. The second-order valence-corrected chi connectivity index (χ2v) is 8.67. The minimum atomic E-state index is -1.50. The summed E-state index contributed by atoms with van der Waals surface area (Å²) in [5.74, 6) is -6.56. The molecule has 0 bridgehead atoms. The summed E-state index contributed by atoms with van der Waals surface area (Å²) >= 11 is 0. The Balaban J connectivity index is 1.93. The number of carboxylic acid groups (broad SMARTS) is 4. The van der Waals surface area contributed by atoms with Crippen LogP contribution in [0.25, 0.3) is 11.1 Å². The molecular weight excluding hydrogens is 548 g/mol. The van der Waals surface area contributed by atoms with Crippen molar-refractivity contribution in [3.63, 3.8) is 0 Å². The van der Waals surface area contributed by atoms with Gasteiger partial charge in [0.1, 0.15) is 0 Å². The highest BCUT2D eigenvalue weighted by Crippen LogP contribution is 2.31. The van der Waals surface area contributed by atoms with Gasteiger partial charge in [0.25, 0.3) is 0 Å². The van der Waals surface area contributed by atoms with Crippen LogP contribution < -0.4 is 0 Å². The van der Waals surface area contributed by atoms with Crippen molar-refractivity contribution in [2.45, 2.75) is 0 Å². The highest BCUT2D eigenvalue weighted by atomic mass is 16.4. The van der Waals surface area contributed by atoms with Gasteiger partial charge in [-0.1, -0.05) is 18.2 Å². The van der Waals surface area contributed by atoms with Gasteiger partial charge in [-0.25, -0.2) is 29.2 Å². The van der Waals surface area contributed by atoms with Crippen LogP contribution in [0.1, 0.15) is 52.6 Å². The van der Waals surface area contributed by atoms with Crippen molar-refractivity contribution in [3.05, 3.63) is 118 Å². The first-order valence-electron chi connectivity index (χ1n) is 11.9. The van der Waals surface area contributed by atoms with Gasteiger partial charge in [-0.05, 0) is 77.9 Å². The lowest BCUT2D eigenvalue weighted by atomic mass is 9.92. The predicted molar refractivity (Wildman–Crippen MR) is 150 cm³/mol. The van der Waals surface area contributed by atoms with E-state index in [1.807, 2.05) is 0 Å². The maximum Gasteiger partial charge on any atom is 0.336 e. The van der Waals surface area contributed by atoms with Crippen LogP contribution in [0, 0.1) is 0 Å². The summed E-state index contributed by atoms with van der Waals surface area (Å²) in [4.78, 5) is 53.9. The number of carboxylic acids is 4. The van der Waals surface area contributed by atoms with E-state index in [2.05, 4.69) is 9.98 Å². The number of nitrogens with zero attached hydrogens (tertiary/aromatic N) is 2. The summed E-state index contributed by atoms with van der Waals surface area (Å²) in [6, 6.07) is 18.3. The van der Waals surface area contributed by atoms with E-state index >= 15 is 0 Å². The van der Waals surface area contributed by atoms with E-state index in [0.717, 1.165) is 12.1 Å². The van der Waals surface area contributed by atoms with Gasteiger partial charge >= 0.3 is 23.9 Å². The second kappa shape index (κ2) is 11.8. The third kappa shape index (κ3) is 6.13.